The van der Waals surface area contributed by atoms with Crippen molar-refractivity contribution in [1.29, 1.82) is 0 Å². The molecule has 0 bridgehead atoms. The van der Waals surface area contributed by atoms with Crippen LogP contribution in [0.1, 0.15) is 30.1 Å². The van der Waals surface area contributed by atoms with Gasteiger partial charge in [0.25, 0.3) is 5.91 Å². The van der Waals surface area contributed by atoms with E-state index in [0.717, 1.165) is 50.3 Å². The molecule has 0 atom stereocenters. The molecular formula is C16H25ClN2O2. The van der Waals surface area contributed by atoms with E-state index in [1.165, 1.54) is 0 Å². The third kappa shape index (κ3) is 4.90. The summed E-state index contributed by atoms with van der Waals surface area (Å²) < 4.78 is 5.11. The van der Waals surface area contributed by atoms with E-state index in [0.29, 0.717) is 5.92 Å². The summed E-state index contributed by atoms with van der Waals surface area (Å²) in [4.78, 5) is 14.4. The predicted octanol–water partition coefficient (Wildman–Crippen LogP) is 2.58. The van der Waals surface area contributed by atoms with Gasteiger partial charge >= 0.3 is 0 Å². The molecule has 1 aromatic carbocycles. The Morgan fingerprint density at radius 3 is 2.43 bits per heavy atom. The third-order valence-corrected chi connectivity index (χ3v) is 3.92. The predicted molar refractivity (Wildman–Crippen MR) is 87.4 cm³/mol. The number of rotatable bonds is 5. The molecule has 1 heterocycles. The van der Waals surface area contributed by atoms with E-state index in [2.05, 4.69) is 12.2 Å². The number of hydrogen-bond acceptors (Lipinski definition) is 3. The number of nitrogens with one attached hydrogen (secondary N) is 1. The van der Waals surface area contributed by atoms with Crippen LogP contribution in [0.2, 0.25) is 0 Å². The van der Waals surface area contributed by atoms with Crippen LogP contribution in [0.5, 0.6) is 5.75 Å². The van der Waals surface area contributed by atoms with E-state index in [4.69, 9.17) is 4.74 Å². The molecule has 1 aliphatic heterocycles. The van der Waals surface area contributed by atoms with Crippen molar-refractivity contribution < 1.29 is 9.53 Å². The first-order valence-corrected chi connectivity index (χ1v) is 7.38. The van der Waals surface area contributed by atoms with Gasteiger partial charge in [0, 0.05) is 18.7 Å². The second kappa shape index (κ2) is 8.90. The molecule has 1 aromatic rings. The molecule has 2 rings (SSSR count). The first-order chi connectivity index (χ1) is 9.74. The number of methoxy groups -OCH3 is 1. The van der Waals surface area contributed by atoms with Gasteiger partial charge in [0.2, 0.25) is 0 Å². The second-order valence-electron chi connectivity index (χ2n) is 5.27. The van der Waals surface area contributed by atoms with Crippen LogP contribution in [-0.2, 0) is 0 Å². The van der Waals surface area contributed by atoms with Crippen LogP contribution in [0.25, 0.3) is 0 Å². The fourth-order valence-electron chi connectivity index (χ4n) is 2.60. The van der Waals surface area contributed by atoms with Crippen molar-refractivity contribution in [2.75, 3.05) is 33.3 Å². The number of amides is 1. The summed E-state index contributed by atoms with van der Waals surface area (Å²) in [7, 11) is 1.63. The summed E-state index contributed by atoms with van der Waals surface area (Å²) in [6.45, 7) is 5.94. The quantitative estimate of drug-likeness (QED) is 0.908. The molecule has 5 heteroatoms. The average Bonchev–Trinajstić information content (AvgIpc) is 2.53. The smallest absolute Gasteiger partial charge is 0.253 e. The number of ether oxygens (including phenoxy) is 1. The molecule has 1 N–H and O–H groups in total. The SMILES string of the molecule is CCNCC1CCN(C(=O)c2ccc(OC)cc2)CC1.Cl. The highest BCUT2D eigenvalue weighted by molar-refractivity contribution is 5.94. The van der Waals surface area contributed by atoms with Gasteiger partial charge in [-0.1, -0.05) is 6.92 Å². The number of nitrogens with zero attached hydrogens (tertiary/aromatic N) is 1. The van der Waals surface area contributed by atoms with Crippen LogP contribution in [0.3, 0.4) is 0 Å². The molecule has 0 spiro atoms. The molecule has 118 valence electrons. The Bertz CT molecular complexity index is 428. The van der Waals surface area contributed by atoms with Gasteiger partial charge in [-0.25, -0.2) is 0 Å². The summed E-state index contributed by atoms with van der Waals surface area (Å²) in [5, 5.41) is 3.39. The molecule has 4 nitrogen and oxygen atoms in total. The van der Waals surface area contributed by atoms with Crippen LogP contribution in [-0.4, -0.2) is 44.1 Å². The molecule has 21 heavy (non-hydrogen) atoms. The Hall–Kier alpha value is -1.26. The van der Waals surface area contributed by atoms with Crippen molar-refractivity contribution in [3.63, 3.8) is 0 Å². The van der Waals surface area contributed by atoms with Gasteiger partial charge in [-0.2, -0.15) is 0 Å². The van der Waals surface area contributed by atoms with Gasteiger partial charge in [0.15, 0.2) is 0 Å². The monoisotopic (exact) mass is 312 g/mol. The third-order valence-electron chi connectivity index (χ3n) is 3.92. The van der Waals surface area contributed by atoms with Crippen LogP contribution in [0, 0.1) is 5.92 Å². The molecule has 0 radical (unpaired) electrons. The number of hydrogen-bond donors (Lipinski definition) is 1. The lowest BCUT2D eigenvalue weighted by molar-refractivity contribution is 0.0690. The summed E-state index contributed by atoms with van der Waals surface area (Å²) in [5.41, 5.74) is 0.746. The topological polar surface area (TPSA) is 41.6 Å². The lowest BCUT2D eigenvalue weighted by atomic mass is 9.96. The van der Waals surface area contributed by atoms with Crippen molar-refractivity contribution in [3.05, 3.63) is 29.8 Å². The standard InChI is InChI=1S/C16H24N2O2.ClH/c1-3-17-12-13-8-10-18(11-9-13)16(19)14-4-6-15(20-2)7-5-14;/h4-7,13,17H,3,8-12H2,1-2H3;1H. The first kappa shape index (κ1) is 17.8. The normalized spacial score (nSPS) is 15.4. The highest BCUT2D eigenvalue weighted by atomic mass is 35.5. The van der Waals surface area contributed by atoms with Gasteiger partial charge in [-0.3, -0.25) is 4.79 Å². The number of carbonyl (C=O) groups excluding carboxylic acids is 1. The molecule has 0 unspecified atom stereocenters. The maximum absolute atomic E-state index is 12.4. The van der Waals surface area contributed by atoms with Crippen LogP contribution in [0.4, 0.5) is 0 Å². The van der Waals surface area contributed by atoms with Gasteiger partial charge in [0.1, 0.15) is 5.75 Å². The van der Waals surface area contributed by atoms with Crippen molar-refractivity contribution in [2.24, 2.45) is 5.92 Å². The maximum Gasteiger partial charge on any atom is 0.253 e. The Kier molecular flexibility index (Phi) is 7.54. The fourth-order valence-corrected chi connectivity index (χ4v) is 2.60. The van der Waals surface area contributed by atoms with E-state index >= 15 is 0 Å². The van der Waals surface area contributed by atoms with Crippen molar-refractivity contribution in [1.82, 2.24) is 10.2 Å². The van der Waals surface area contributed by atoms with E-state index in [1.54, 1.807) is 7.11 Å². The summed E-state index contributed by atoms with van der Waals surface area (Å²) in [5.74, 6) is 1.62. The summed E-state index contributed by atoms with van der Waals surface area (Å²) in [6.07, 6.45) is 2.18. The molecule has 0 aliphatic carbocycles. The Morgan fingerprint density at radius 1 is 1.29 bits per heavy atom. The van der Waals surface area contributed by atoms with E-state index in [1.807, 2.05) is 29.2 Å². The highest BCUT2D eigenvalue weighted by Gasteiger charge is 2.23. The minimum absolute atomic E-state index is 0. The van der Waals surface area contributed by atoms with Crippen molar-refractivity contribution >= 4 is 18.3 Å². The summed E-state index contributed by atoms with van der Waals surface area (Å²) in [6, 6.07) is 7.36. The number of carbonyl (C=O) groups is 1. The number of likely N-dealkylation sites (tertiary alicyclic amines) is 1. The molecular weight excluding hydrogens is 288 g/mol. The lowest BCUT2D eigenvalue weighted by Crippen LogP contribution is -2.40. The maximum atomic E-state index is 12.4. The number of piperidine rings is 1. The molecule has 0 aromatic heterocycles. The molecule has 1 saturated heterocycles. The van der Waals surface area contributed by atoms with E-state index < -0.39 is 0 Å². The molecule has 1 aliphatic rings. The highest BCUT2D eigenvalue weighted by Crippen LogP contribution is 2.19. The van der Waals surface area contributed by atoms with Crippen LogP contribution >= 0.6 is 12.4 Å². The second-order valence-corrected chi connectivity index (χ2v) is 5.27. The largest absolute Gasteiger partial charge is 0.497 e. The molecule has 0 saturated carbocycles. The fraction of sp³-hybridized carbons (Fsp3) is 0.562. The van der Waals surface area contributed by atoms with Crippen LogP contribution < -0.4 is 10.1 Å². The van der Waals surface area contributed by atoms with Crippen LogP contribution in [0.15, 0.2) is 24.3 Å². The number of benzene rings is 1. The summed E-state index contributed by atoms with van der Waals surface area (Å²) >= 11 is 0. The van der Waals surface area contributed by atoms with Crippen molar-refractivity contribution in [3.8, 4) is 5.75 Å². The van der Waals surface area contributed by atoms with Gasteiger partial charge in [-0.05, 0) is 56.1 Å². The first-order valence-electron chi connectivity index (χ1n) is 7.38. The van der Waals surface area contributed by atoms with Gasteiger partial charge < -0.3 is 15.0 Å². The lowest BCUT2D eigenvalue weighted by Gasteiger charge is -2.32. The minimum Gasteiger partial charge on any atom is -0.497 e. The van der Waals surface area contributed by atoms with E-state index in [-0.39, 0.29) is 18.3 Å². The van der Waals surface area contributed by atoms with Gasteiger partial charge in [-0.15, -0.1) is 12.4 Å². The Balaban J connectivity index is 0.00000220. The zero-order valence-electron chi connectivity index (χ0n) is 12.8. The molecule has 1 fully saturated rings. The Morgan fingerprint density at radius 2 is 1.90 bits per heavy atom. The zero-order chi connectivity index (χ0) is 14.4. The van der Waals surface area contributed by atoms with Gasteiger partial charge in [0.05, 0.1) is 7.11 Å². The number of halogens is 1. The average molecular weight is 313 g/mol. The minimum atomic E-state index is 0. The van der Waals surface area contributed by atoms with E-state index in [9.17, 15) is 4.79 Å². The molecule has 1 amide bonds. The Labute approximate surface area is 133 Å². The zero-order valence-corrected chi connectivity index (χ0v) is 13.6. The van der Waals surface area contributed by atoms with Crippen molar-refractivity contribution in [2.45, 2.75) is 19.8 Å².